The molecule has 0 spiro atoms. The van der Waals surface area contributed by atoms with Gasteiger partial charge in [-0.15, -0.1) is 0 Å². The lowest BCUT2D eigenvalue weighted by Gasteiger charge is -2.17. The zero-order chi connectivity index (χ0) is 14.2. The Hall–Kier alpha value is -1.80. The molecule has 106 valence electrons. The lowest BCUT2D eigenvalue weighted by Crippen LogP contribution is -2.19. The lowest BCUT2D eigenvalue weighted by molar-refractivity contribution is 0.321. The van der Waals surface area contributed by atoms with Gasteiger partial charge in [-0.2, -0.15) is 0 Å². The molecule has 0 saturated heterocycles. The van der Waals surface area contributed by atoms with Crippen molar-refractivity contribution in [2.75, 3.05) is 20.7 Å². The highest BCUT2D eigenvalue weighted by atomic mass is 16.5. The second-order valence-electron chi connectivity index (χ2n) is 5.18. The van der Waals surface area contributed by atoms with Crippen LogP contribution in [-0.2, 0) is 13.0 Å². The minimum absolute atomic E-state index is 0.931. The van der Waals surface area contributed by atoms with Crippen LogP contribution in [-0.4, -0.2) is 25.6 Å². The fourth-order valence-electron chi connectivity index (χ4n) is 2.36. The van der Waals surface area contributed by atoms with Gasteiger partial charge in [0.1, 0.15) is 5.75 Å². The number of ether oxygens (including phenoxy) is 1. The number of benzene rings is 2. The molecule has 2 heteroatoms. The monoisotopic (exact) mass is 269 g/mol. The quantitative estimate of drug-likeness (QED) is 0.759. The Labute approximate surface area is 122 Å². The van der Waals surface area contributed by atoms with Crippen molar-refractivity contribution in [2.24, 2.45) is 0 Å². The van der Waals surface area contributed by atoms with Gasteiger partial charge in [-0.3, -0.25) is 0 Å². The molecule has 0 aliphatic heterocycles. The Morgan fingerprint density at radius 2 is 1.70 bits per heavy atom. The largest absolute Gasteiger partial charge is 0.497 e. The van der Waals surface area contributed by atoms with Crippen molar-refractivity contribution < 1.29 is 4.74 Å². The molecule has 0 amide bonds. The van der Waals surface area contributed by atoms with Gasteiger partial charge in [-0.1, -0.05) is 42.5 Å². The Bertz CT molecular complexity index is 510. The van der Waals surface area contributed by atoms with Crippen LogP contribution in [0.1, 0.15) is 17.5 Å². The third kappa shape index (κ3) is 4.71. The molecule has 0 bridgehead atoms. The fraction of sp³-hybridized carbons (Fsp3) is 0.333. The molecule has 2 rings (SSSR count). The summed E-state index contributed by atoms with van der Waals surface area (Å²) in [7, 11) is 3.88. The van der Waals surface area contributed by atoms with Gasteiger partial charge in [0, 0.05) is 6.54 Å². The highest BCUT2D eigenvalue weighted by molar-refractivity contribution is 5.28. The van der Waals surface area contributed by atoms with Crippen LogP contribution in [0.5, 0.6) is 5.75 Å². The van der Waals surface area contributed by atoms with E-state index < -0.39 is 0 Å². The average molecular weight is 269 g/mol. The molecule has 0 aliphatic carbocycles. The van der Waals surface area contributed by atoms with Crippen LogP contribution in [0.4, 0.5) is 0 Å². The predicted molar refractivity (Wildman–Crippen MR) is 84.1 cm³/mol. The highest BCUT2D eigenvalue weighted by Crippen LogP contribution is 2.14. The first kappa shape index (κ1) is 14.6. The molecule has 20 heavy (non-hydrogen) atoms. The summed E-state index contributed by atoms with van der Waals surface area (Å²) < 4.78 is 5.26. The first-order chi connectivity index (χ1) is 9.78. The molecule has 2 nitrogen and oxygen atoms in total. The predicted octanol–water partition coefficient (Wildman–Crippen LogP) is 3.76. The van der Waals surface area contributed by atoms with E-state index in [2.05, 4.69) is 54.4 Å². The molecular formula is C18H23NO. The van der Waals surface area contributed by atoms with Crippen molar-refractivity contribution in [1.82, 2.24) is 4.90 Å². The van der Waals surface area contributed by atoms with Crippen LogP contribution in [0.2, 0.25) is 0 Å². The van der Waals surface area contributed by atoms with Crippen LogP contribution in [0, 0.1) is 0 Å². The number of methoxy groups -OCH3 is 1. The number of nitrogens with zero attached hydrogens (tertiary/aromatic N) is 1. The summed E-state index contributed by atoms with van der Waals surface area (Å²) in [6.45, 7) is 2.07. The molecule has 0 atom stereocenters. The van der Waals surface area contributed by atoms with E-state index in [-0.39, 0.29) is 0 Å². The van der Waals surface area contributed by atoms with Crippen molar-refractivity contribution in [3.8, 4) is 5.75 Å². The maximum atomic E-state index is 5.26. The van der Waals surface area contributed by atoms with E-state index >= 15 is 0 Å². The minimum atomic E-state index is 0.931. The zero-order valence-electron chi connectivity index (χ0n) is 12.4. The van der Waals surface area contributed by atoms with Gasteiger partial charge in [-0.05, 0) is 49.7 Å². The number of aryl methyl sites for hydroxylation is 1. The van der Waals surface area contributed by atoms with E-state index in [1.54, 1.807) is 7.11 Å². The van der Waals surface area contributed by atoms with Crippen molar-refractivity contribution in [3.63, 3.8) is 0 Å². The third-order valence-electron chi connectivity index (χ3n) is 3.43. The second-order valence-corrected chi connectivity index (χ2v) is 5.18. The van der Waals surface area contributed by atoms with Gasteiger partial charge in [-0.25, -0.2) is 0 Å². The Morgan fingerprint density at radius 1 is 0.950 bits per heavy atom. The Balaban J connectivity index is 1.76. The summed E-state index contributed by atoms with van der Waals surface area (Å²) in [5.41, 5.74) is 2.72. The third-order valence-corrected chi connectivity index (χ3v) is 3.43. The van der Waals surface area contributed by atoms with Crippen molar-refractivity contribution in [2.45, 2.75) is 19.4 Å². The normalized spacial score (nSPS) is 10.8. The van der Waals surface area contributed by atoms with Gasteiger partial charge in [0.15, 0.2) is 0 Å². The molecule has 0 saturated carbocycles. The SMILES string of the molecule is COc1cccc(CN(C)CCCc2ccccc2)c1. The molecule has 0 fully saturated rings. The van der Waals surface area contributed by atoms with Crippen LogP contribution < -0.4 is 4.74 Å². The van der Waals surface area contributed by atoms with E-state index in [0.717, 1.165) is 25.3 Å². The Kier molecular flexibility index (Phi) is 5.63. The molecule has 0 aromatic heterocycles. The van der Waals surface area contributed by atoms with Gasteiger partial charge in [0.25, 0.3) is 0 Å². The van der Waals surface area contributed by atoms with E-state index in [1.807, 2.05) is 12.1 Å². The van der Waals surface area contributed by atoms with Crippen molar-refractivity contribution in [1.29, 1.82) is 0 Å². The standard InChI is InChI=1S/C18H23NO/c1-19(13-7-11-16-8-4-3-5-9-16)15-17-10-6-12-18(14-17)20-2/h3-6,8-10,12,14H,7,11,13,15H2,1-2H3. The average Bonchev–Trinajstić information content (AvgIpc) is 2.48. The summed E-state index contributed by atoms with van der Waals surface area (Å²) >= 11 is 0. The zero-order valence-corrected chi connectivity index (χ0v) is 12.4. The number of hydrogen-bond donors (Lipinski definition) is 0. The summed E-state index contributed by atoms with van der Waals surface area (Å²) in [6, 6.07) is 19.0. The first-order valence-electron chi connectivity index (χ1n) is 7.13. The molecule has 0 radical (unpaired) electrons. The van der Waals surface area contributed by atoms with Crippen LogP contribution >= 0.6 is 0 Å². The minimum Gasteiger partial charge on any atom is -0.497 e. The van der Waals surface area contributed by atoms with E-state index in [1.165, 1.54) is 17.5 Å². The van der Waals surface area contributed by atoms with E-state index in [9.17, 15) is 0 Å². The highest BCUT2D eigenvalue weighted by Gasteiger charge is 2.02. The molecule has 0 aliphatic rings. The van der Waals surface area contributed by atoms with E-state index in [0.29, 0.717) is 0 Å². The van der Waals surface area contributed by atoms with Crippen LogP contribution in [0.3, 0.4) is 0 Å². The van der Waals surface area contributed by atoms with Gasteiger partial charge >= 0.3 is 0 Å². The Morgan fingerprint density at radius 3 is 2.45 bits per heavy atom. The summed E-state index contributed by atoms with van der Waals surface area (Å²) in [5.74, 6) is 0.931. The molecule has 2 aromatic rings. The summed E-state index contributed by atoms with van der Waals surface area (Å²) in [4.78, 5) is 2.36. The second kappa shape index (κ2) is 7.71. The topological polar surface area (TPSA) is 12.5 Å². The summed E-state index contributed by atoms with van der Waals surface area (Å²) in [6.07, 6.45) is 2.33. The van der Waals surface area contributed by atoms with Gasteiger partial charge in [0.2, 0.25) is 0 Å². The molecule has 0 heterocycles. The smallest absolute Gasteiger partial charge is 0.119 e. The van der Waals surface area contributed by atoms with Crippen LogP contribution in [0.25, 0.3) is 0 Å². The first-order valence-corrected chi connectivity index (χ1v) is 7.13. The van der Waals surface area contributed by atoms with Gasteiger partial charge in [0.05, 0.1) is 7.11 Å². The molecular weight excluding hydrogens is 246 g/mol. The number of rotatable bonds is 7. The van der Waals surface area contributed by atoms with E-state index in [4.69, 9.17) is 4.74 Å². The number of hydrogen-bond acceptors (Lipinski definition) is 2. The maximum Gasteiger partial charge on any atom is 0.119 e. The van der Waals surface area contributed by atoms with Crippen molar-refractivity contribution >= 4 is 0 Å². The maximum absolute atomic E-state index is 5.26. The molecule has 0 N–H and O–H groups in total. The summed E-state index contributed by atoms with van der Waals surface area (Å²) in [5, 5.41) is 0. The lowest BCUT2D eigenvalue weighted by atomic mass is 10.1. The van der Waals surface area contributed by atoms with Gasteiger partial charge < -0.3 is 9.64 Å². The molecule has 0 unspecified atom stereocenters. The fourth-order valence-corrected chi connectivity index (χ4v) is 2.36. The molecule has 2 aromatic carbocycles. The van der Waals surface area contributed by atoms with Crippen molar-refractivity contribution in [3.05, 3.63) is 65.7 Å². The van der Waals surface area contributed by atoms with Crippen LogP contribution in [0.15, 0.2) is 54.6 Å².